The SMILES string of the molecule is CCCn1cc(CCN)c2cc(C(C)(C)C)ccc21. The number of benzene rings is 1. The number of hydrogen-bond acceptors (Lipinski definition) is 1. The van der Waals surface area contributed by atoms with E-state index in [2.05, 4.69) is 56.7 Å². The summed E-state index contributed by atoms with van der Waals surface area (Å²) < 4.78 is 2.37. The van der Waals surface area contributed by atoms with Gasteiger partial charge in [0.2, 0.25) is 0 Å². The molecular formula is C17H26N2. The summed E-state index contributed by atoms with van der Waals surface area (Å²) in [7, 11) is 0. The van der Waals surface area contributed by atoms with Gasteiger partial charge >= 0.3 is 0 Å². The second-order valence-corrected chi connectivity index (χ2v) is 6.37. The molecule has 0 aliphatic heterocycles. The second kappa shape index (κ2) is 5.38. The molecule has 2 heteroatoms. The maximum Gasteiger partial charge on any atom is 0.0483 e. The first-order valence-electron chi connectivity index (χ1n) is 7.29. The van der Waals surface area contributed by atoms with Gasteiger partial charge in [-0.05, 0) is 48.1 Å². The minimum atomic E-state index is 0.195. The van der Waals surface area contributed by atoms with Crippen molar-refractivity contribution in [2.24, 2.45) is 5.73 Å². The Kier molecular flexibility index (Phi) is 4.00. The number of fused-ring (bicyclic) bond motifs is 1. The molecule has 2 aromatic rings. The van der Waals surface area contributed by atoms with E-state index in [9.17, 15) is 0 Å². The molecule has 0 atom stereocenters. The summed E-state index contributed by atoms with van der Waals surface area (Å²) in [6.45, 7) is 10.8. The molecule has 0 aliphatic rings. The molecule has 0 saturated heterocycles. The van der Waals surface area contributed by atoms with Crippen LogP contribution in [0.5, 0.6) is 0 Å². The number of nitrogens with zero attached hydrogens (tertiary/aromatic N) is 1. The van der Waals surface area contributed by atoms with Gasteiger partial charge < -0.3 is 10.3 Å². The summed E-state index contributed by atoms with van der Waals surface area (Å²) in [5.41, 5.74) is 10.1. The molecule has 1 aromatic heterocycles. The Morgan fingerprint density at radius 3 is 2.53 bits per heavy atom. The average molecular weight is 258 g/mol. The predicted octanol–water partition coefficient (Wildman–Crippen LogP) is 3.85. The number of nitrogens with two attached hydrogens (primary N) is 1. The van der Waals surface area contributed by atoms with Gasteiger partial charge in [-0.3, -0.25) is 0 Å². The Balaban J connectivity index is 2.58. The highest BCUT2D eigenvalue weighted by Crippen LogP contribution is 2.29. The van der Waals surface area contributed by atoms with E-state index in [-0.39, 0.29) is 5.41 Å². The molecule has 0 aliphatic carbocycles. The number of aryl methyl sites for hydroxylation is 1. The maximum atomic E-state index is 5.75. The number of aromatic nitrogens is 1. The van der Waals surface area contributed by atoms with E-state index < -0.39 is 0 Å². The molecule has 0 spiro atoms. The molecule has 104 valence electrons. The maximum absolute atomic E-state index is 5.75. The van der Waals surface area contributed by atoms with Crippen molar-refractivity contribution < 1.29 is 0 Å². The Morgan fingerprint density at radius 1 is 1.21 bits per heavy atom. The van der Waals surface area contributed by atoms with Gasteiger partial charge in [-0.15, -0.1) is 0 Å². The van der Waals surface area contributed by atoms with Gasteiger partial charge in [0, 0.05) is 23.6 Å². The molecule has 0 fully saturated rings. The quantitative estimate of drug-likeness (QED) is 0.887. The van der Waals surface area contributed by atoms with E-state index in [4.69, 9.17) is 5.73 Å². The van der Waals surface area contributed by atoms with E-state index in [1.54, 1.807) is 0 Å². The minimum absolute atomic E-state index is 0.195. The molecule has 0 saturated carbocycles. The standard InChI is InChI=1S/C17H26N2/c1-5-10-19-12-13(8-9-18)15-11-14(17(2,3)4)6-7-16(15)19/h6-7,11-12H,5,8-10,18H2,1-4H3. The predicted molar refractivity (Wildman–Crippen MR) is 83.7 cm³/mol. The summed E-state index contributed by atoms with van der Waals surface area (Å²) >= 11 is 0. The topological polar surface area (TPSA) is 30.9 Å². The van der Waals surface area contributed by atoms with Crippen LogP contribution < -0.4 is 5.73 Å². The molecule has 0 amide bonds. The van der Waals surface area contributed by atoms with Crippen molar-refractivity contribution >= 4 is 10.9 Å². The van der Waals surface area contributed by atoms with Gasteiger partial charge in [-0.25, -0.2) is 0 Å². The molecule has 0 radical (unpaired) electrons. The van der Waals surface area contributed by atoms with E-state index in [1.165, 1.54) is 22.0 Å². The molecule has 0 bridgehead atoms. The third kappa shape index (κ3) is 2.84. The monoisotopic (exact) mass is 258 g/mol. The van der Waals surface area contributed by atoms with Gasteiger partial charge in [0.15, 0.2) is 0 Å². The average Bonchev–Trinajstić information content (AvgIpc) is 2.67. The normalized spacial score (nSPS) is 12.3. The largest absolute Gasteiger partial charge is 0.347 e. The van der Waals surface area contributed by atoms with Crippen LogP contribution in [0.2, 0.25) is 0 Å². The molecule has 2 N–H and O–H groups in total. The Bertz CT molecular complexity index is 558. The smallest absolute Gasteiger partial charge is 0.0483 e. The lowest BCUT2D eigenvalue weighted by Gasteiger charge is -2.19. The first-order chi connectivity index (χ1) is 8.97. The Hall–Kier alpha value is -1.28. The van der Waals surface area contributed by atoms with Crippen molar-refractivity contribution in [2.45, 2.75) is 52.5 Å². The first kappa shape index (κ1) is 14.1. The highest BCUT2D eigenvalue weighted by molar-refractivity contribution is 5.85. The molecule has 2 nitrogen and oxygen atoms in total. The summed E-state index contributed by atoms with van der Waals surface area (Å²) in [5.74, 6) is 0. The molecule has 0 unspecified atom stereocenters. The minimum Gasteiger partial charge on any atom is -0.347 e. The van der Waals surface area contributed by atoms with Crippen LogP contribution in [0.4, 0.5) is 0 Å². The van der Waals surface area contributed by atoms with Crippen LogP contribution in [0.25, 0.3) is 10.9 Å². The molecule has 19 heavy (non-hydrogen) atoms. The molecule has 2 rings (SSSR count). The highest BCUT2D eigenvalue weighted by Gasteiger charge is 2.16. The molecular weight excluding hydrogens is 232 g/mol. The summed E-state index contributed by atoms with van der Waals surface area (Å²) in [5, 5.41) is 1.38. The Labute approximate surface area is 116 Å². The van der Waals surface area contributed by atoms with Crippen LogP contribution in [0.15, 0.2) is 24.4 Å². The van der Waals surface area contributed by atoms with Gasteiger partial charge in [0.1, 0.15) is 0 Å². The fraction of sp³-hybridized carbons (Fsp3) is 0.529. The van der Waals surface area contributed by atoms with Gasteiger partial charge in [0.05, 0.1) is 0 Å². The van der Waals surface area contributed by atoms with E-state index in [0.29, 0.717) is 6.54 Å². The van der Waals surface area contributed by atoms with Crippen LogP contribution >= 0.6 is 0 Å². The molecule has 1 heterocycles. The van der Waals surface area contributed by atoms with Crippen LogP contribution in [-0.2, 0) is 18.4 Å². The zero-order valence-corrected chi connectivity index (χ0v) is 12.7. The van der Waals surface area contributed by atoms with Crippen molar-refractivity contribution in [1.29, 1.82) is 0 Å². The van der Waals surface area contributed by atoms with Crippen LogP contribution in [-0.4, -0.2) is 11.1 Å². The lowest BCUT2D eigenvalue weighted by Crippen LogP contribution is -2.10. The second-order valence-electron chi connectivity index (χ2n) is 6.37. The summed E-state index contributed by atoms with van der Waals surface area (Å²) in [6.07, 6.45) is 4.40. The van der Waals surface area contributed by atoms with E-state index >= 15 is 0 Å². The third-order valence-electron chi connectivity index (χ3n) is 3.71. The van der Waals surface area contributed by atoms with Crippen molar-refractivity contribution in [3.8, 4) is 0 Å². The van der Waals surface area contributed by atoms with Crippen molar-refractivity contribution in [3.05, 3.63) is 35.5 Å². The van der Waals surface area contributed by atoms with E-state index in [0.717, 1.165) is 19.4 Å². The Morgan fingerprint density at radius 2 is 1.95 bits per heavy atom. The van der Waals surface area contributed by atoms with Gasteiger partial charge in [-0.2, -0.15) is 0 Å². The lowest BCUT2D eigenvalue weighted by molar-refractivity contribution is 0.591. The molecule has 1 aromatic carbocycles. The zero-order chi connectivity index (χ0) is 14.0. The first-order valence-corrected chi connectivity index (χ1v) is 7.29. The summed E-state index contributed by atoms with van der Waals surface area (Å²) in [6, 6.07) is 6.89. The third-order valence-corrected chi connectivity index (χ3v) is 3.71. The van der Waals surface area contributed by atoms with E-state index in [1.807, 2.05) is 0 Å². The van der Waals surface area contributed by atoms with Crippen LogP contribution in [0, 0.1) is 0 Å². The fourth-order valence-corrected chi connectivity index (χ4v) is 2.62. The van der Waals surface area contributed by atoms with Crippen LogP contribution in [0.1, 0.15) is 45.2 Å². The van der Waals surface area contributed by atoms with Gasteiger partial charge in [-0.1, -0.05) is 33.8 Å². The fourth-order valence-electron chi connectivity index (χ4n) is 2.62. The number of hydrogen-bond donors (Lipinski definition) is 1. The van der Waals surface area contributed by atoms with Crippen molar-refractivity contribution in [1.82, 2.24) is 4.57 Å². The lowest BCUT2D eigenvalue weighted by atomic mass is 9.86. The summed E-state index contributed by atoms with van der Waals surface area (Å²) in [4.78, 5) is 0. The van der Waals surface area contributed by atoms with Gasteiger partial charge in [0.25, 0.3) is 0 Å². The number of rotatable bonds is 4. The van der Waals surface area contributed by atoms with Crippen molar-refractivity contribution in [2.75, 3.05) is 6.54 Å². The highest BCUT2D eigenvalue weighted by atomic mass is 15.0. The van der Waals surface area contributed by atoms with Crippen molar-refractivity contribution in [3.63, 3.8) is 0 Å². The zero-order valence-electron chi connectivity index (χ0n) is 12.7. The van der Waals surface area contributed by atoms with Crippen LogP contribution in [0.3, 0.4) is 0 Å².